The zero-order valence-electron chi connectivity index (χ0n) is 8.71. The topological polar surface area (TPSA) is 102 Å². The summed E-state index contributed by atoms with van der Waals surface area (Å²) >= 11 is 0. The quantitative estimate of drug-likeness (QED) is 0.606. The molecule has 6 heteroatoms. The smallest absolute Gasteiger partial charge is 0.311 e. The summed E-state index contributed by atoms with van der Waals surface area (Å²) in [7, 11) is 0. The average molecular weight is 221 g/mol. The van der Waals surface area contributed by atoms with Crippen LogP contribution in [0.1, 0.15) is 5.56 Å². The first kappa shape index (κ1) is 11.9. The van der Waals surface area contributed by atoms with Crippen LogP contribution in [0.5, 0.6) is 5.75 Å². The fourth-order valence-corrected chi connectivity index (χ4v) is 1.11. The lowest BCUT2D eigenvalue weighted by Gasteiger charge is -2.07. The number of nitrogens with zero attached hydrogens (tertiary/aromatic N) is 2. The number of hydrogen-bond donors (Lipinski definition) is 1. The molecule has 2 N–H and O–H groups in total. The van der Waals surface area contributed by atoms with E-state index in [1.54, 1.807) is 19.1 Å². The third-order valence-corrected chi connectivity index (χ3v) is 1.90. The SMILES string of the molecule is Cc1ccc(OCC(N)C#N)c([N+](=O)[O-])c1. The van der Waals surface area contributed by atoms with Gasteiger partial charge in [0.2, 0.25) is 0 Å². The van der Waals surface area contributed by atoms with Gasteiger partial charge < -0.3 is 10.5 Å². The number of ether oxygens (including phenoxy) is 1. The lowest BCUT2D eigenvalue weighted by Crippen LogP contribution is -2.25. The number of aryl methyl sites for hydroxylation is 1. The second-order valence-electron chi connectivity index (χ2n) is 3.27. The summed E-state index contributed by atoms with van der Waals surface area (Å²) in [4.78, 5) is 10.2. The summed E-state index contributed by atoms with van der Waals surface area (Å²) in [5, 5.41) is 19.2. The van der Waals surface area contributed by atoms with E-state index < -0.39 is 11.0 Å². The van der Waals surface area contributed by atoms with Gasteiger partial charge in [0.25, 0.3) is 0 Å². The maximum atomic E-state index is 10.7. The van der Waals surface area contributed by atoms with E-state index in [-0.39, 0.29) is 18.0 Å². The number of hydrogen-bond acceptors (Lipinski definition) is 5. The molecular formula is C10H11N3O3. The fraction of sp³-hybridized carbons (Fsp3) is 0.300. The molecule has 0 saturated heterocycles. The summed E-state index contributed by atoms with van der Waals surface area (Å²) < 4.78 is 5.12. The van der Waals surface area contributed by atoms with E-state index in [2.05, 4.69) is 0 Å². The predicted molar refractivity (Wildman–Crippen MR) is 56.9 cm³/mol. The monoisotopic (exact) mass is 221 g/mol. The van der Waals surface area contributed by atoms with Crippen LogP contribution in [0.3, 0.4) is 0 Å². The third kappa shape index (κ3) is 2.93. The molecule has 0 aromatic heterocycles. The first-order valence-electron chi connectivity index (χ1n) is 4.57. The molecule has 1 unspecified atom stereocenters. The Morgan fingerprint density at radius 1 is 1.69 bits per heavy atom. The van der Waals surface area contributed by atoms with Crippen LogP contribution in [-0.4, -0.2) is 17.6 Å². The largest absolute Gasteiger partial charge is 0.484 e. The van der Waals surface area contributed by atoms with Crippen LogP contribution in [0.15, 0.2) is 18.2 Å². The van der Waals surface area contributed by atoms with Crippen molar-refractivity contribution < 1.29 is 9.66 Å². The lowest BCUT2D eigenvalue weighted by molar-refractivity contribution is -0.385. The molecule has 1 aromatic carbocycles. The van der Waals surface area contributed by atoms with Gasteiger partial charge in [-0.15, -0.1) is 0 Å². The van der Waals surface area contributed by atoms with Crippen LogP contribution in [0.4, 0.5) is 5.69 Å². The Labute approximate surface area is 92.4 Å². The van der Waals surface area contributed by atoms with Crippen molar-refractivity contribution in [2.75, 3.05) is 6.61 Å². The molecule has 16 heavy (non-hydrogen) atoms. The van der Waals surface area contributed by atoms with Gasteiger partial charge in [0.15, 0.2) is 5.75 Å². The molecule has 1 atom stereocenters. The van der Waals surface area contributed by atoms with Crippen LogP contribution in [0.2, 0.25) is 0 Å². The van der Waals surface area contributed by atoms with Gasteiger partial charge in [0.05, 0.1) is 11.0 Å². The summed E-state index contributed by atoms with van der Waals surface area (Å²) in [5.74, 6) is 0.126. The highest BCUT2D eigenvalue weighted by Gasteiger charge is 2.15. The second kappa shape index (κ2) is 5.09. The molecule has 0 heterocycles. The lowest BCUT2D eigenvalue weighted by atomic mass is 10.2. The molecule has 0 spiro atoms. The van der Waals surface area contributed by atoms with Gasteiger partial charge >= 0.3 is 5.69 Å². The predicted octanol–water partition coefficient (Wildman–Crippen LogP) is 1.13. The molecule has 0 aliphatic rings. The second-order valence-corrected chi connectivity index (χ2v) is 3.27. The van der Waals surface area contributed by atoms with Gasteiger partial charge in [-0.2, -0.15) is 5.26 Å². The van der Waals surface area contributed by atoms with E-state index in [1.807, 2.05) is 0 Å². The number of nitriles is 1. The molecule has 1 rings (SSSR count). The summed E-state index contributed by atoms with van der Waals surface area (Å²) in [6, 6.07) is 5.59. The number of nitro groups is 1. The first-order valence-corrected chi connectivity index (χ1v) is 4.57. The normalized spacial score (nSPS) is 11.6. The molecule has 0 saturated carbocycles. The highest BCUT2D eigenvalue weighted by atomic mass is 16.6. The van der Waals surface area contributed by atoms with Gasteiger partial charge in [-0.25, -0.2) is 0 Å². The van der Waals surface area contributed by atoms with Crippen molar-refractivity contribution in [1.82, 2.24) is 0 Å². The van der Waals surface area contributed by atoms with E-state index in [4.69, 9.17) is 15.7 Å². The molecule has 0 aliphatic carbocycles. The number of nitro benzene ring substituents is 1. The van der Waals surface area contributed by atoms with Crippen molar-refractivity contribution >= 4 is 5.69 Å². The van der Waals surface area contributed by atoms with Crippen LogP contribution in [0, 0.1) is 28.4 Å². The summed E-state index contributed by atoms with van der Waals surface area (Å²) in [6.07, 6.45) is 0. The van der Waals surface area contributed by atoms with Crippen LogP contribution in [0.25, 0.3) is 0 Å². The summed E-state index contributed by atoms with van der Waals surface area (Å²) in [6.45, 7) is 1.68. The van der Waals surface area contributed by atoms with Gasteiger partial charge in [-0.05, 0) is 18.6 Å². The molecule has 0 bridgehead atoms. The molecular weight excluding hydrogens is 210 g/mol. The van der Waals surface area contributed by atoms with Crippen molar-refractivity contribution in [3.63, 3.8) is 0 Å². The highest BCUT2D eigenvalue weighted by molar-refractivity contribution is 5.48. The fourth-order valence-electron chi connectivity index (χ4n) is 1.11. The van der Waals surface area contributed by atoms with Crippen molar-refractivity contribution in [1.29, 1.82) is 5.26 Å². The number of nitrogens with two attached hydrogens (primary N) is 1. The third-order valence-electron chi connectivity index (χ3n) is 1.90. The number of rotatable bonds is 4. The molecule has 0 radical (unpaired) electrons. The minimum atomic E-state index is -0.791. The Morgan fingerprint density at radius 2 is 2.38 bits per heavy atom. The molecule has 1 aromatic rings. The van der Waals surface area contributed by atoms with Crippen molar-refractivity contribution in [3.05, 3.63) is 33.9 Å². The summed E-state index contributed by atoms with van der Waals surface area (Å²) in [5.41, 5.74) is 5.97. The first-order chi connectivity index (χ1) is 7.54. The maximum Gasteiger partial charge on any atom is 0.311 e. The zero-order valence-corrected chi connectivity index (χ0v) is 8.71. The Balaban J connectivity index is 2.88. The minimum absolute atomic E-state index is 0.0690. The highest BCUT2D eigenvalue weighted by Crippen LogP contribution is 2.27. The maximum absolute atomic E-state index is 10.7. The molecule has 84 valence electrons. The van der Waals surface area contributed by atoms with E-state index in [1.165, 1.54) is 12.1 Å². The van der Waals surface area contributed by atoms with E-state index in [0.29, 0.717) is 0 Å². The van der Waals surface area contributed by atoms with Crippen LogP contribution >= 0.6 is 0 Å². The van der Waals surface area contributed by atoms with E-state index >= 15 is 0 Å². The zero-order chi connectivity index (χ0) is 12.1. The molecule has 0 fully saturated rings. The molecule has 6 nitrogen and oxygen atoms in total. The van der Waals surface area contributed by atoms with Gasteiger partial charge in [-0.1, -0.05) is 6.07 Å². The van der Waals surface area contributed by atoms with Gasteiger partial charge in [0, 0.05) is 6.07 Å². The van der Waals surface area contributed by atoms with Crippen LogP contribution in [-0.2, 0) is 0 Å². The van der Waals surface area contributed by atoms with Crippen LogP contribution < -0.4 is 10.5 Å². The Hall–Kier alpha value is -2.13. The average Bonchev–Trinajstić information content (AvgIpc) is 2.26. The standard InChI is InChI=1S/C10H11N3O3/c1-7-2-3-10(9(4-7)13(14)15)16-6-8(12)5-11/h2-4,8H,6,12H2,1H3. The van der Waals surface area contributed by atoms with E-state index in [0.717, 1.165) is 5.56 Å². The Kier molecular flexibility index (Phi) is 3.80. The number of benzene rings is 1. The van der Waals surface area contributed by atoms with E-state index in [9.17, 15) is 10.1 Å². The van der Waals surface area contributed by atoms with Gasteiger partial charge in [-0.3, -0.25) is 10.1 Å². The Morgan fingerprint density at radius 3 is 2.94 bits per heavy atom. The van der Waals surface area contributed by atoms with Crippen molar-refractivity contribution in [3.8, 4) is 11.8 Å². The van der Waals surface area contributed by atoms with Gasteiger partial charge in [0.1, 0.15) is 12.6 Å². The van der Waals surface area contributed by atoms with Crippen molar-refractivity contribution in [2.24, 2.45) is 5.73 Å². The Bertz CT molecular complexity index is 439. The molecule has 0 aliphatic heterocycles. The molecule has 0 amide bonds. The van der Waals surface area contributed by atoms with Crippen molar-refractivity contribution in [2.45, 2.75) is 13.0 Å². The minimum Gasteiger partial charge on any atom is -0.484 e.